The van der Waals surface area contributed by atoms with Crippen molar-refractivity contribution >= 4 is 11.9 Å². The first-order chi connectivity index (χ1) is 7.79. The first-order valence-corrected chi connectivity index (χ1v) is 5.98. The van der Waals surface area contributed by atoms with Crippen molar-refractivity contribution in [3.05, 3.63) is 0 Å². The Hall–Kier alpha value is -1.13. The molecule has 4 nitrogen and oxygen atoms in total. The molecule has 2 rings (SSSR count). The van der Waals surface area contributed by atoms with Gasteiger partial charge in [0.15, 0.2) is 12.0 Å². The van der Waals surface area contributed by atoms with Crippen molar-refractivity contribution in [2.75, 3.05) is 0 Å². The minimum absolute atomic E-state index is 0.122. The van der Waals surface area contributed by atoms with E-state index in [0.29, 0.717) is 12.8 Å². The van der Waals surface area contributed by atoms with Gasteiger partial charge >= 0.3 is 6.09 Å². The van der Waals surface area contributed by atoms with Crippen molar-refractivity contribution in [1.29, 1.82) is 0 Å². The summed E-state index contributed by atoms with van der Waals surface area (Å²) in [7, 11) is 0. The highest BCUT2D eigenvalue weighted by Crippen LogP contribution is 2.36. The average Bonchev–Trinajstić information content (AvgIpc) is 2.51. The molecule has 5 heteroatoms. The van der Waals surface area contributed by atoms with E-state index in [1.165, 1.54) is 4.90 Å². The number of piperidine rings is 1. The first-order valence-electron chi connectivity index (χ1n) is 5.98. The molecule has 0 saturated carbocycles. The lowest BCUT2D eigenvalue weighted by molar-refractivity contribution is -0.130. The van der Waals surface area contributed by atoms with Crippen LogP contribution in [0.15, 0.2) is 0 Å². The number of halogens is 1. The van der Waals surface area contributed by atoms with Crippen LogP contribution >= 0.6 is 0 Å². The maximum absolute atomic E-state index is 13.7. The maximum atomic E-state index is 13.7. The first kappa shape index (κ1) is 12.3. The Bertz CT molecular complexity index is 350. The number of rotatable bonds is 0. The van der Waals surface area contributed by atoms with E-state index in [-0.39, 0.29) is 18.2 Å². The number of ether oxygens (including phenoxy) is 1. The quantitative estimate of drug-likeness (QED) is 0.654. The minimum atomic E-state index is -1.54. The van der Waals surface area contributed by atoms with Crippen LogP contribution in [0.25, 0.3) is 0 Å². The Labute approximate surface area is 100 Å². The van der Waals surface area contributed by atoms with Gasteiger partial charge in [0, 0.05) is 12.5 Å². The zero-order valence-corrected chi connectivity index (χ0v) is 10.4. The van der Waals surface area contributed by atoms with Crippen LogP contribution in [0.1, 0.15) is 40.0 Å². The lowest BCUT2D eigenvalue weighted by Crippen LogP contribution is -2.54. The van der Waals surface area contributed by atoms with Crippen molar-refractivity contribution in [3.63, 3.8) is 0 Å². The molecule has 0 N–H and O–H groups in total. The summed E-state index contributed by atoms with van der Waals surface area (Å²) in [6.07, 6.45) is -0.675. The predicted molar refractivity (Wildman–Crippen MR) is 59.4 cm³/mol. The standard InChI is InChI=1S/C12H18FNO3/c1-12(2,3)17-11(16)14-7-4-5-8(14)10(13)9(15)6-7/h7-8,10H,4-6H2,1-3H3/t7-,8?,10-/m1/s1. The van der Waals surface area contributed by atoms with Gasteiger partial charge in [0.1, 0.15) is 5.60 Å². The molecule has 3 atom stereocenters. The predicted octanol–water partition coefficient (Wildman–Crippen LogP) is 2.07. The van der Waals surface area contributed by atoms with Gasteiger partial charge < -0.3 is 4.74 Å². The van der Waals surface area contributed by atoms with Gasteiger partial charge in [-0.25, -0.2) is 9.18 Å². The molecule has 0 aromatic heterocycles. The van der Waals surface area contributed by atoms with E-state index in [2.05, 4.69) is 0 Å². The summed E-state index contributed by atoms with van der Waals surface area (Å²) in [6.45, 7) is 5.32. The Morgan fingerprint density at radius 2 is 2.06 bits per heavy atom. The molecule has 2 bridgehead atoms. The van der Waals surface area contributed by atoms with Gasteiger partial charge in [0.2, 0.25) is 0 Å². The van der Waals surface area contributed by atoms with Crippen molar-refractivity contribution in [1.82, 2.24) is 4.90 Å². The summed E-state index contributed by atoms with van der Waals surface area (Å²) >= 11 is 0. The second-order valence-corrected chi connectivity index (χ2v) is 5.76. The minimum Gasteiger partial charge on any atom is -0.444 e. The van der Waals surface area contributed by atoms with E-state index in [4.69, 9.17) is 4.74 Å². The van der Waals surface area contributed by atoms with E-state index in [1.807, 2.05) is 0 Å². The van der Waals surface area contributed by atoms with E-state index in [0.717, 1.165) is 0 Å². The largest absolute Gasteiger partial charge is 0.444 e. The molecule has 1 unspecified atom stereocenters. The average molecular weight is 243 g/mol. The number of hydrogen-bond acceptors (Lipinski definition) is 3. The van der Waals surface area contributed by atoms with E-state index >= 15 is 0 Å². The number of amides is 1. The van der Waals surface area contributed by atoms with Crippen molar-refractivity contribution in [3.8, 4) is 0 Å². The Balaban J connectivity index is 2.12. The summed E-state index contributed by atoms with van der Waals surface area (Å²) in [5, 5.41) is 0. The number of fused-ring (bicyclic) bond motifs is 2. The highest BCUT2D eigenvalue weighted by molar-refractivity contribution is 5.87. The smallest absolute Gasteiger partial charge is 0.410 e. The van der Waals surface area contributed by atoms with E-state index in [9.17, 15) is 14.0 Å². The summed E-state index contributed by atoms with van der Waals surface area (Å²) < 4.78 is 19.0. The number of carbonyl (C=O) groups excluding carboxylic acids is 2. The van der Waals surface area contributed by atoms with Crippen LogP contribution in [-0.2, 0) is 9.53 Å². The summed E-state index contributed by atoms with van der Waals surface area (Å²) in [5.74, 6) is -0.377. The molecular formula is C12H18FNO3. The SMILES string of the molecule is CC(C)(C)OC(=O)N1C2CC[C@@H]1CC(=O)[C@@H]2F. The van der Waals surface area contributed by atoms with Crippen LogP contribution in [0.4, 0.5) is 9.18 Å². The molecule has 2 aliphatic heterocycles. The summed E-state index contributed by atoms with van der Waals surface area (Å²) in [5.41, 5.74) is -0.593. The van der Waals surface area contributed by atoms with Gasteiger partial charge in [-0.05, 0) is 33.6 Å². The zero-order chi connectivity index (χ0) is 12.8. The van der Waals surface area contributed by atoms with Gasteiger partial charge in [0.25, 0.3) is 0 Å². The Kier molecular flexibility index (Phi) is 2.87. The van der Waals surface area contributed by atoms with Crippen LogP contribution in [0, 0.1) is 0 Å². The molecule has 0 aliphatic carbocycles. The molecule has 2 heterocycles. The lowest BCUT2D eigenvalue weighted by atomic mass is 10.0. The Morgan fingerprint density at radius 3 is 2.65 bits per heavy atom. The van der Waals surface area contributed by atoms with Crippen LogP contribution in [0.5, 0.6) is 0 Å². The number of nitrogens with zero attached hydrogens (tertiary/aromatic N) is 1. The van der Waals surface area contributed by atoms with Crippen LogP contribution in [0.2, 0.25) is 0 Å². The molecule has 0 aromatic carbocycles. The van der Waals surface area contributed by atoms with Gasteiger partial charge in [-0.3, -0.25) is 9.69 Å². The molecule has 2 aliphatic rings. The fourth-order valence-electron chi connectivity index (χ4n) is 2.56. The third-order valence-electron chi connectivity index (χ3n) is 3.23. The van der Waals surface area contributed by atoms with Crippen molar-refractivity contribution in [2.45, 2.75) is 63.9 Å². The third-order valence-corrected chi connectivity index (χ3v) is 3.23. The van der Waals surface area contributed by atoms with Gasteiger partial charge in [-0.2, -0.15) is 0 Å². The van der Waals surface area contributed by atoms with Crippen LogP contribution in [0.3, 0.4) is 0 Å². The number of ketones is 1. The fraction of sp³-hybridized carbons (Fsp3) is 0.833. The lowest BCUT2D eigenvalue weighted by Gasteiger charge is -2.36. The molecule has 96 valence electrons. The maximum Gasteiger partial charge on any atom is 0.410 e. The number of carbonyl (C=O) groups is 2. The van der Waals surface area contributed by atoms with Gasteiger partial charge in [0.05, 0.1) is 6.04 Å². The number of alkyl halides is 1. The van der Waals surface area contributed by atoms with Crippen molar-refractivity contribution < 1.29 is 18.7 Å². The summed E-state index contributed by atoms with van der Waals surface area (Å²) in [6, 6.07) is -0.787. The molecular weight excluding hydrogens is 225 g/mol. The normalized spacial score (nSPS) is 32.8. The number of Topliss-reactive ketones (excluding diaryl/α,β-unsaturated/α-hetero) is 1. The van der Waals surface area contributed by atoms with Crippen LogP contribution in [-0.4, -0.2) is 40.6 Å². The monoisotopic (exact) mass is 243 g/mol. The highest BCUT2D eigenvalue weighted by Gasteiger charge is 2.50. The molecule has 2 fully saturated rings. The second-order valence-electron chi connectivity index (χ2n) is 5.76. The highest BCUT2D eigenvalue weighted by atomic mass is 19.1. The van der Waals surface area contributed by atoms with Gasteiger partial charge in [-0.15, -0.1) is 0 Å². The number of hydrogen-bond donors (Lipinski definition) is 0. The molecule has 0 aromatic rings. The molecule has 2 saturated heterocycles. The molecule has 1 amide bonds. The van der Waals surface area contributed by atoms with Crippen LogP contribution < -0.4 is 0 Å². The summed E-state index contributed by atoms with van der Waals surface area (Å²) in [4.78, 5) is 24.7. The molecule has 0 spiro atoms. The zero-order valence-electron chi connectivity index (χ0n) is 10.4. The molecule has 17 heavy (non-hydrogen) atoms. The van der Waals surface area contributed by atoms with E-state index < -0.39 is 23.9 Å². The van der Waals surface area contributed by atoms with Gasteiger partial charge in [-0.1, -0.05) is 0 Å². The van der Waals surface area contributed by atoms with E-state index in [1.54, 1.807) is 20.8 Å². The van der Waals surface area contributed by atoms with Crippen molar-refractivity contribution in [2.24, 2.45) is 0 Å². The fourth-order valence-corrected chi connectivity index (χ4v) is 2.56. The third kappa shape index (κ3) is 2.28. The Morgan fingerprint density at radius 1 is 1.41 bits per heavy atom. The second kappa shape index (κ2) is 3.96. The topological polar surface area (TPSA) is 46.6 Å². The molecule has 0 radical (unpaired) electrons.